The quantitative estimate of drug-likeness (QED) is 0.386. The van der Waals surface area contributed by atoms with Gasteiger partial charge in [-0.05, 0) is 35.9 Å². The lowest BCUT2D eigenvalue weighted by molar-refractivity contribution is -0.162. The molecule has 1 aromatic carbocycles. The number of nitrogens with one attached hydrogen (secondary N) is 3. The van der Waals surface area contributed by atoms with Crippen molar-refractivity contribution in [3.8, 4) is 11.3 Å². The number of hydrogen-bond acceptors (Lipinski definition) is 6. The van der Waals surface area contributed by atoms with Crippen molar-refractivity contribution < 1.29 is 18.0 Å². The van der Waals surface area contributed by atoms with Crippen LogP contribution in [0.2, 0.25) is 0 Å². The van der Waals surface area contributed by atoms with Crippen LogP contribution in [0.1, 0.15) is 12.0 Å². The number of rotatable bonds is 6. The molecular weight excluding hydrogens is 461 g/mol. The Labute approximate surface area is 198 Å². The number of carbonyl (C=O) groups excluding carboxylic acids is 1. The van der Waals surface area contributed by atoms with Gasteiger partial charge in [-0.1, -0.05) is 6.07 Å². The summed E-state index contributed by atoms with van der Waals surface area (Å²) < 4.78 is 37.4. The lowest BCUT2D eigenvalue weighted by atomic mass is 10.1. The first kappa shape index (κ1) is 22.8. The van der Waals surface area contributed by atoms with Gasteiger partial charge in [0.15, 0.2) is 0 Å². The Kier molecular flexibility index (Phi) is 6.12. The lowest BCUT2D eigenvalue weighted by Gasteiger charge is -2.35. The van der Waals surface area contributed by atoms with E-state index in [0.717, 1.165) is 27.9 Å². The van der Waals surface area contributed by atoms with Crippen LogP contribution in [0, 0.1) is 0 Å². The molecule has 3 aromatic heterocycles. The van der Waals surface area contributed by atoms with Gasteiger partial charge < -0.3 is 15.2 Å². The number of fused-ring (bicyclic) bond motifs is 1. The Hall–Kier alpha value is -3.93. The number of piperazine rings is 1. The Morgan fingerprint density at radius 1 is 1.06 bits per heavy atom. The maximum Gasteiger partial charge on any atom is 0.397 e. The molecule has 1 amide bonds. The highest BCUT2D eigenvalue weighted by Crippen LogP contribution is 2.24. The number of nitrogens with zero attached hydrogens (tertiary/aromatic N) is 5. The standard InChI is InChI=1S/C23H23F3N8O/c24-23(25,26)13-21(35)34-9-7-33(8-10-34)14-15-3-5-27-20(11-15)31-22-29-18-2-1-16(12-19(18)30-22)17-4-6-28-32-17/h1-6,11-12H,7-10,13-14H2,(H,28,32)(H2,27,29,30,31). The lowest BCUT2D eigenvalue weighted by Crippen LogP contribution is -2.49. The molecule has 4 heterocycles. The van der Waals surface area contributed by atoms with E-state index < -0.39 is 18.5 Å². The zero-order chi connectivity index (χ0) is 24.4. The van der Waals surface area contributed by atoms with Crippen LogP contribution in [0.15, 0.2) is 48.8 Å². The highest BCUT2D eigenvalue weighted by Gasteiger charge is 2.34. The van der Waals surface area contributed by atoms with E-state index >= 15 is 0 Å². The minimum absolute atomic E-state index is 0.282. The summed E-state index contributed by atoms with van der Waals surface area (Å²) in [5.74, 6) is 0.313. The van der Waals surface area contributed by atoms with Crippen molar-refractivity contribution in [1.82, 2.24) is 34.9 Å². The molecule has 0 spiro atoms. The van der Waals surface area contributed by atoms with E-state index in [-0.39, 0.29) is 13.1 Å². The highest BCUT2D eigenvalue weighted by molar-refractivity contribution is 5.83. The minimum atomic E-state index is -4.48. The number of benzene rings is 1. The molecule has 1 fully saturated rings. The third-order valence-electron chi connectivity index (χ3n) is 5.85. The van der Waals surface area contributed by atoms with Crippen molar-refractivity contribution in [3.63, 3.8) is 0 Å². The normalized spacial score (nSPS) is 15.0. The smallest absolute Gasteiger partial charge is 0.340 e. The highest BCUT2D eigenvalue weighted by atomic mass is 19.4. The number of halogens is 3. The third kappa shape index (κ3) is 5.60. The topological polar surface area (TPSA) is 106 Å². The number of alkyl halides is 3. The van der Waals surface area contributed by atoms with E-state index in [1.54, 1.807) is 12.4 Å². The van der Waals surface area contributed by atoms with E-state index in [1.807, 2.05) is 36.4 Å². The largest absolute Gasteiger partial charge is 0.397 e. The van der Waals surface area contributed by atoms with Crippen LogP contribution in [0.4, 0.5) is 24.9 Å². The summed E-state index contributed by atoms with van der Waals surface area (Å²) in [4.78, 5) is 27.4. The number of H-pyrrole nitrogens is 2. The van der Waals surface area contributed by atoms with Gasteiger partial charge in [-0.25, -0.2) is 9.97 Å². The predicted octanol–water partition coefficient (Wildman–Crippen LogP) is 3.69. The minimum Gasteiger partial charge on any atom is -0.340 e. The number of amides is 1. The van der Waals surface area contributed by atoms with Crippen molar-refractivity contribution in [2.75, 3.05) is 31.5 Å². The fraction of sp³-hybridized carbons (Fsp3) is 0.304. The molecule has 9 nitrogen and oxygen atoms in total. The fourth-order valence-electron chi connectivity index (χ4n) is 4.11. The SMILES string of the molecule is O=C(CC(F)(F)F)N1CCN(Cc2ccnc(Nc3nc4ccc(-c5ccn[nH]5)cc4[nH]3)c2)CC1. The molecule has 35 heavy (non-hydrogen) atoms. The maximum absolute atomic E-state index is 12.5. The van der Waals surface area contributed by atoms with Gasteiger partial charge in [0.25, 0.3) is 0 Å². The van der Waals surface area contributed by atoms with Crippen molar-refractivity contribution in [1.29, 1.82) is 0 Å². The monoisotopic (exact) mass is 484 g/mol. The van der Waals surface area contributed by atoms with Gasteiger partial charge in [0, 0.05) is 50.7 Å². The molecule has 1 saturated heterocycles. The summed E-state index contributed by atoms with van der Waals surface area (Å²) in [5.41, 5.74) is 4.58. The Bertz CT molecular complexity index is 1310. The fourth-order valence-corrected chi connectivity index (χ4v) is 4.11. The van der Waals surface area contributed by atoms with Crippen LogP contribution in [0.5, 0.6) is 0 Å². The molecule has 0 bridgehead atoms. The molecule has 5 rings (SSSR count). The number of aromatic amines is 2. The number of anilines is 2. The van der Waals surface area contributed by atoms with Gasteiger partial charge in [-0.2, -0.15) is 18.3 Å². The summed E-state index contributed by atoms with van der Waals surface area (Å²) in [7, 11) is 0. The molecule has 1 aliphatic rings. The van der Waals surface area contributed by atoms with Crippen LogP contribution in [0.3, 0.4) is 0 Å². The second-order valence-corrected chi connectivity index (χ2v) is 8.41. The first-order valence-corrected chi connectivity index (χ1v) is 11.1. The van der Waals surface area contributed by atoms with Gasteiger partial charge >= 0.3 is 6.18 Å². The summed E-state index contributed by atoms with van der Waals surface area (Å²) in [5, 5.41) is 10.1. The Morgan fingerprint density at radius 3 is 2.63 bits per heavy atom. The Balaban J connectivity index is 1.20. The number of aromatic nitrogens is 5. The summed E-state index contributed by atoms with van der Waals surface area (Å²) in [6.07, 6.45) is -2.49. The molecular formula is C23H23F3N8O. The average Bonchev–Trinajstić information content (AvgIpc) is 3.48. The number of imidazole rings is 1. The maximum atomic E-state index is 12.5. The van der Waals surface area contributed by atoms with Crippen LogP contribution < -0.4 is 5.32 Å². The van der Waals surface area contributed by atoms with Crippen molar-refractivity contribution in [2.45, 2.75) is 19.1 Å². The molecule has 12 heteroatoms. The number of pyridine rings is 1. The molecule has 0 atom stereocenters. The summed E-state index contributed by atoms with van der Waals surface area (Å²) in [6, 6.07) is 11.6. The van der Waals surface area contributed by atoms with Gasteiger partial charge in [0.2, 0.25) is 11.9 Å². The van der Waals surface area contributed by atoms with Crippen molar-refractivity contribution in [2.24, 2.45) is 0 Å². The van der Waals surface area contributed by atoms with Gasteiger partial charge in [0.05, 0.1) is 16.7 Å². The molecule has 0 aliphatic carbocycles. The zero-order valence-corrected chi connectivity index (χ0v) is 18.6. The number of hydrogen-bond donors (Lipinski definition) is 3. The first-order chi connectivity index (χ1) is 16.8. The van der Waals surface area contributed by atoms with Crippen LogP contribution in [-0.2, 0) is 11.3 Å². The second kappa shape index (κ2) is 9.37. The van der Waals surface area contributed by atoms with E-state index in [0.29, 0.717) is 31.4 Å². The van der Waals surface area contributed by atoms with Crippen LogP contribution in [-0.4, -0.2) is 73.2 Å². The first-order valence-electron chi connectivity index (χ1n) is 11.1. The van der Waals surface area contributed by atoms with Crippen LogP contribution >= 0.6 is 0 Å². The van der Waals surface area contributed by atoms with Crippen LogP contribution in [0.25, 0.3) is 22.3 Å². The average molecular weight is 484 g/mol. The molecule has 3 N–H and O–H groups in total. The Morgan fingerprint density at radius 2 is 1.89 bits per heavy atom. The summed E-state index contributed by atoms with van der Waals surface area (Å²) >= 11 is 0. The molecule has 1 aliphatic heterocycles. The molecule has 0 unspecified atom stereocenters. The molecule has 182 valence electrons. The van der Waals surface area contributed by atoms with Crippen molar-refractivity contribution >= 4 is 28.7 Å². The van der Waals surface area contributed by atoms with Gasteiger partial charge in [-0.3, -0.25) is 14.8 Å². The third-order valence-corrected chi connectivity index (χ3v) is 5.85. The molecule has 0 saturated carbocycles. The van der Waals surface area contributed by atoms with E-state index in [9.17, 15) is 18.0 Å². The van der Waals surface area contributed by atoms with Gasteiger partial charge in [-0.15, -0.1) is 0 Å². The van der Waals surface area contributed by atoms with Gasteiger partial charge in [0.1, 0.15) is 12.2 Å². The van der Waals surface area contributed by atoms with E-state index in [1.165, 1.54) is 4.90 Å². The van der Waals surface area contributed by atoms with Crippen molar-refractivity contribution in [3.05, 3.63) is 54.4 Å². The zero-order valence-electron chi connectivity index (χ0n) is 18.6. The second-order valence-electron chi connectivity index (χ2n) is 8.41. The molecule has 4 aromatic rings. The van der Waals surface area contributed by atoms with E-state index in [2.05, 4.69) is 35.4 Å². The predicted molar refractivity (Wildman–Crippen MR) is 124 cm³/mol. The summed E-state index contributed by atoms with van der Waals surface area (Å²) in [6.45, 7) is 2.19. The van der Waals surface area contributed by atoms with E-state index in [4.69, 9.17) is 0 Å². The molecule has 0 radical (unpaired) electrons. The number of carbonyl (C=O) groups is 1.